The number of anilines is 1. The number of nitrogens with one attached hydrogen (secondary N) is 1. The van der Waals surface area contributed by atoms with Crippen LogP contribution < -0.4 is 5.32 Å². The molecule has 2 amide bonds. The fourth-order valence-electron chi connectivity index (χ4n) is 2.41. The highest BCUT2D eigenvalue weighted by Crippen LogP contribution is 2.13. The van der Waals surface area contributed by atoms with Gasteiger partial charge in [-0.1, -0.05) is 12.1 Å². The average Bonchev–Trinajstić information content (AvgIpc) is 2.48. The third-order valence-electron chi connectivity index (χ3n) is 3.57. The molecule has 21 heavy (non-hydrogen) atoms. The van der Waals surface area contributed by atoms with Crippen LogP contribution in [-0.2, 0) is 9.59 Å². The van der Waals surface area contributed by atoms with Crippen molar-refractivity contribution >= 4 is 23.3 Å². The zero-order valence-corrected chi connectivity index (χ0v) is 12.2. The van der Waals surface area contributed by atoms with E-state index in [9.17, 15) is 14.4 Å². The number of Topliss-reactive ketones (excluding diaryl/α,β-unsaturated/α-hetero) is 1. The number of benzene rings is 1. The molecule has 1 saturated heterocycles. The molecule has 1 N–H and O–H groups in total. The number of amides is 2. The zero-order valence-electron chi connectivity index (χ0n) is 12.2. The highest BCUT2D eigenvalue weighted by Gasteiger charge is 2.19. The van der Waals surface area contributed by atoms with Gasteiger partial charge in [-0.15, -0.1) is 0 Å². The number of hydrogen-bond donors (Lipinski definition) is 1. The van der Waals surface area contributed by atoms with Crippen molar-refractivity contribution in [2.45, 2.75) is 32.6 Å². The maximum atomic E-state index is 12.0. The van der Waals surface area contributed by atoms with Gasteiger partial charge in [0.1, 0.15) is 6.42 Å². The van der Waals surface area contributed by atoms with Crippen LogP contribution in [0.4, 0.5) is 5.69 Å². The Kier molecular flexibility index (Phi) is 5.09. The van der Waals surface area contributed by atoms with Gasteiger partial charge in [0.2, 0.25) is 11.8 Å². The lowest BCUT2D eigenvalue weighted by Gasteiger charge is -2.26. The van der Waals surface area contributed by atoms with Crippen LogP contribution in [0, 0.1) is 0 Å². The third kappa shape index (κ3) is 4.41. The van der Waals surface area contributed by atoms with Crippen LogP contribution in [-0.4, -0.2) is 35.6 Å². The van der Waals surface area contributed by atoms with Gasteiger partial charge in [-0.2, -0.15) is 0 Å². The zero-order chi connectivity index (χ0) is 15.2. The van der Waals surface area contributed by atoms with Gasteiger partial charge in [-0.05, 0) is 38.3 Å². The molecule has 1 aliphatic heterocycles. The molecule has 5 nitrogen and oxygen atoms in total. The number of rotatable bonds is 4. The van der Waals surface area contributed by atoms with Gasteiger partial charge in [0.25, 0.3) is 0 Å². The van der Waals surface area contributed by atoms with Crippen molar-refractivity contribution in [3.63, 3.8) is 0 Å². The predicted octanol–water partition coefficient (Wildman–Crippen LogP) is 2.23. The summed E-state index contributed by atoms with van der Waals surface area (Å²) in [5.41, 5.74) is 1.08. The van der Waals surface area contributed by atoms with E-state index in [1.54, 1.807) is 29.2 Å². The summed E-state index contributed by atoms with van der Waals surface area (Å²) in [4.78, 5) is 36.9. The van der Waals surface area contributed by atoms with Crippen molar-refractivity contribution in [3.05, 3.63) is 29.8 Å². The summed E-state index contributed by atoms with van der Waals surface area (Å²) in [7, 11) is 0. The maximum absolute atomic E-state index is 12.0. The van der Waals surface area contributed by atoms with Gasteiger partial charge >= 0.3 is 0 Å². The number of piperidine rings is 1. The van der Waals surface area contributed by atoms with E-state index in [4.69, 9.17) is 0 Å². The minimum Gasteiger partial charge on any atom is -0.342 e. The van der Waals surface area contributed by atoms with E-state index in [2.05, 4.69) is 5.32 Å². The number of nitrogens with zero attached hydrogens (tertiary/aromatic N) is 1. The molecule has 0 aliphatic carbocycles. The van der Waals surface area contributed by atoms with Crippen LogP contribution in [0.25, 0.3) is 0 Å². The molecule has 0 radical (unpaired) electrons. The standard InChI is InChI=1S/C16H20N2O3/c1-12(19)13-6-5-7-14(10-13)17-15(20)11-16(21)18-8-3-2-4-9-18/h5-7,10H,2-4,8-9,11H2,1H3,(H,17,20). The Hall–Kier alpha value is -2.17. The first-order chi connectivity index (χ1) is 10.1. The molecule has 1 aromatic carbocycles. The Morgan fingerprint density at radius 2 is 1.86 bits per heavy atom. The van der Waals surface area contributed by atoms with Gasteiger partial charge in [-0.25, -0.2) is 0 Å². The van der Waals surface area contributed by atoms with Crippen LogP contribution in [0.2, 0.25) is 0 Å². The topological polar surface area (TPSA) is 66.5 Å². The van der Waals surface area contributed by atoms with Gasteiger partial charge in [0.05, 0.1) is 0 Å². The predicted molar refractivity (Wildman–Crippen MR) is 80.1 cm³/mol. The molecule has 1 aliphatic rings. The second kappa shape index (κ2) is 7.02. The SMILES string of the molecule is CC(=O)c1cccc(NC(=O)CC(=O)N2CCCCC2)c1. The van der Waals surface area contributed by atoms with Crippen LogP contribution in [0.3, 0.4) is 0 Å². The van der Waals surface area contributed by atoms with Crippen LogP contribution >= 0.6 is 0 Å². The average molecular weight is 288 g/mol. The second-order valence-corrected chi connectivity index (χ2v) is 5.30. The van der Waals surface area contributed by atoms with Gasteiger partial charge in [0.15, 0.2) is 5.78 Å². The Labute approximate surface area is 124 Å². The van der Waals surface area contributed by atoms with Crippen molar-refractivity contribution in [1.82, 2.24) is 4.90 Å². The molecule has 112 valence electrons. The minimum atomic E-state index is -0.341. The largest absolute Gasteiger partial charge is 0.342 e. The molecule has 0 atom stereocenters. The van der Waals surface area contributed by atoms with Crippen LogP contribution in [0.5, 0.6) is 0 Å². The number of likely N-dealkylation sites (tertiary alicyclic amines) is 1. The van der Waals surface area contributed by atoms with Crippen molar-refractivity contribution in [2.75, 3.05) is 18.4 Å². The number of carbonyl (C=O) groups is 3. The summed E-state index contributed by atoms with van der Waals surface area (Å²) in [6.45, 7) is 2.96. The first-order valence-electron chi connectivity index (χ1n) is 7.25. The molecule has 1 fully saturated rings. The Morgan fingerprint density at radius 1 is 1.14 bits per heavy atom. The van der Waals surface area contributed by atoms with E-state index in [-0.39, 0.29) is 24.0 Å². The number of ketones is 1. The van der Waals surface area contributed by atoms with Crippen LogP contribution in [0.15, 0.2) is 24.3 Å². The summed E-state index contributed by atoms with van der Waals surface area (Å²) in [5.74, 6) is -0.531. The van der Waals surface area contributed by atoms with Crippen molar-refractivity contribution in [3.8, 4) is 0 Å². The molecule has 2 rings (SSSR count). The van der Waals surface area contributed by atoms with E-state index in [0.717, 1.165) is 32.4 Å². The van der Waals surface area contributed by atoms with Crippen molar-refractivity contribution in [2.24, 2.45) is 0 Å². The summed E-state index contributed by atoms with van der Waals surface area (Å²) in [5, 5.41) is 2.67. The van der Waals surface area contributed by atoms with E-state index < -0.39 is 0 Å². The van der Waals surface area contributed by atoms with Gasteiger partial charge in [-0.3, -0.25) is 14.4 Å². The van der Waals surface area contributed by atoms with Gasteiger partial charge in [0, 0.05) is 24.3 Å². The molecule has 0 bridgehead atoms. The van der Waals surface area contributed by atoms with Crippen molar-refractivity contribution in [1.29, 1.82) is 0 Å². The molecule has 0 saturated carbocycles. The quantitative estimate of drug-likeness (QED) is 0.682. The number of hydrogen-bond acceptors (Lipinski definition) is 3. The third-order valence-corrected chi connectivity index (χ3v) is 3.57. The van der Waals surface area contributed by atoms with E-state index in [1.165, 1.54) is 6.92 Å². The summed E-state index contributed by atoms with van der Waals surface area (Å²) < 4.78 is 0. The summed E-state index contributed by atoms with van der Waals surface area (Å²) >= 11 is 0. The lowest BCUT2D eigenvalue weighted by Crippen LogP contribution is -2.37. The first kappa shape index (κ1) is 15.2. The lowest BCUT2D eigenvalue weighted by molar-refractivity contribution is -0.135. The smallest absolute Gasteiger partial charge is 0.233 e. The summed E-state index contributed by atoms with van der Waals surface area (Å²) in [6.07, 6.45) is 3.01. The Balaban J connectivity index is 1.90. The van der Waals surface area contributed by atoms with Crippen LogP contribution in [0.1, 0.15) is 43.0 Å². The van der Waals surface area contributed by atoms with Gasteiger partial charge < -0.3 is 10.2 Å². The monoisotopic (exact) mass is 288 g/mol. The molecule has 0 spiro atoms. The highest BCUT2D eigenvalue weighted by molar-refractivity contribution is 6.04. The molecule has 0 unspecified atom stereocenters. The first-order valence-corrected chi connectivity index (χ1v) is 7.25. The molecule has 5 heteroatoms. The fourth-order valence-corrected chi connectivity index (χ4v) is 2.41. The van der Waals surface area contributed by atoms with E-state index >= 15 is 0 Å². The molecule has 1 aromatic rings. The molecular weight excluding hydrogens is 268 g/mol. The molecular formula is C16H20N2O3. The Bertz CT molecular complexity index is 548. The lowest BCUT2D eigenvalue weighted by atomic mass is 10.1. The Morgan fingerprint density at radius 3 is 2.52 bits per heavy atom. The normalized spacial score (nSPS) is 14.6. The van der Waals surface area contributed by atoms with Crippen molar-refractivity contribution < 1.29 is 14.4 Å². The van der Waals surface area contributed by atoms with E-state index in [1.807, 2.05) is 0 Å². The fraction of sp³-hybridized carbons (Fsp3) is 0.438. The second-order valence-electron chi connectivity index (χ2n) is 5.30. The number of carbonyl (C=O) groups excluding carboxylic acids is 3. The highest BCUT2D eigenvalue weighted by atomic mass is 16.2. The van der Waals surface area contributed by atoms with E-state index in [0.29, 0.717) is 11.3 Å². The summed E-state index contributed by atoms with van der Waals surface area (Å²) in [6, 6.07) is 6.72. The molecule has 1 heterocycles. The maximum Gasteiger partial charge on any atom is 0.233 e. The molecule has 0 aromatic heterocycles. The minimum absolute atomic E-state index is 0.0597.